The summed E-state index contributed by atoms with van der Waals surface area (Å²) < 4.78 is 13.1. The Morgan fingerprint density at radius 3 is 2.62 bits per heavy atom. The van der Waals surface area contributed by atoms with Crippen LogP contribution < -0.4 is 11.1 Å². The number of hydrogen-bond acceptors (Lipinski definition) is 8. The molecule has 2 aromatic heterocycles. The molecule has 1 aliphatic rings. The number of hydrogen-bond donors (Lipinski definition) is 2. The molecule has 3 N–H and O–H groups in total. The van der Waals surface area contributed by atoms with Crippen LogP contribution in [0.5, 0.6) is 0 Å². The second kappa shape index (κ2) is 9.82. The highest BCUT2D eigenvalue weighted by Gasteiger charge is 2.26. The molecule has 32 heavy (non-hydrogen) atoms. The summed E-state index contributed by atoms with van der Waals surface area (Å²) in [5, 5.41) is 25.8. The van der Waals surface area contributed by atoms with Crippen molar-refractivity contribution in [3.8, 4) is 12.1 Å². The molecule has 0 fully saturated rings. The third-order valence-corrected chi connectivity index (χ3v) is 6.95. The van der Waals surface area contributed by atoms with Gasteiger partial charge in [-0.25, -0.2) is 14.4 Å². The number of halogens is 1. The lowest BCUT2D eigenvalue weighted by atomic mass is 9.83. The molecular formula is C23H19FN6S2. The number of anilines is 3. The van der Waals surface area contributed by atoms with Crippen molar-refractivity contribution in [2.75, 3.05) is 11.1 Å². The van der Waals surface area contributed by atoms with E-state index in [1.54, 1.807) is 12.1 Å². The summed E-state index contributed by atoms with van der Waals surface area (Å²) in [7, 11) is 0. The van der Waals surface area contributed by atoms with Crippen LogP contribution in [0.25, 0.3) is 0 Å². The minimum atomic E-state index is -0.294. The third-order valence-electron chi connectivity index (χ3n) is 5.14. The molecule has 0 amide bonds. The fraction of sp³-hybridized carbons (Fsp3) is 0.217. The van der Waals surface area contributed by atoms with Gasteiger partial charge in [0.15, 0.2) is 5.13 Å². The largest absolute Gasteiger partial charge is 0.383 e. The highest BCUT2D eigenvalue weighted by Crippen LogP contribution is 2.39. The quantitative estimate of drug-likeness (QED) is 0.348. The Kier molecular flexibility index (Phi) is 6.69. The Balaban J connectivity index is 1.55. The lowest BCUT2D eigenvalue weighted by Crippen LogP contribution is -2.11. The van der Waals surface area contributed by atoms with Crippen molar-refractivity contribution in [1.29, 1.82) is 10.5 Å². The van der Waals surface area contributed by atoms with Crippen molar-refractivity contribution in [3.63, 3.8) is 0 Å². The summed E-state index contributed by atoms with van der Waals surface area (Å²) in [6.45, 7) is 0. The third kappa shape index (κ3) is 4.75. The van der Waals surface area contributed by atoms with Crippen LogP contribution in [0.15, 0.2) is 46.8 Å². The number of nitriles is 2. The second-order valence-electron chi connectivity index (χ2n) is 7.24. The monoisotopic (exact) mass is 462 g/mol. The van der Waals surface area contributed by atoms with Gasteiger partial charge in [-0.15, -0.1) is 11.3 Å². The summed E-state index contributed by atoms with van der Waals surface area (Å²) in [6.07, 6.45) is 6.77. The van der Waals surface area contributed by atoms with E-state index >= 15 is 0 Å². The number of allylic oxidation sites excluding steroid dienone is 2. The van der Waals surface area contributed by atoms with E-state index in [1.165, 1.54) is 35.2 Å². The molecule has 4 rings (SSSR count). The molecule has 6 nitrogen and oxygen atoms in total. The van der Waals surface area contributed by atoms with Crippen molar-refractivity contribution >= 4 is 39.7 Å². The topological polar surface area (TPSA) is 111 Å². The summed E-state index contributed by atoms with van der Waals surface area (Å²) >= 11 is 2.82. The Morgan fingerprint density at radius 2 is 1.94 bits per heavy atom. The molecule has 9 heteroatoms. The van der Waals surface area contributed by atoms with Gasteiger partial charge in [-0.1, -0.05) is 23.9 Å². The maximum Gasteiger partial charge on any atom is 0.187 e. The van der Waals surface area contributed by atoms with Gasteiger partial charge in [0, 0.05) is 16.8 Å². The lowest BCUT2D eigenvalue weighted by Gasteiger charge is -2.22. The number of pyridine rings is 1. The standard InChI is InChI=1S/C23H19FN6S2/c24-15-6-8-16(9-7-15)28-23-29-17(13-32-23)12-31-22-19(11-26)20(14-4-2-1-3-5-14)18(10-25)21(27)30-22/h1-2,6-9,13-14H,3-5,12H2,(H2,27,30)(H,28,29). The molecule has 160 valence electrons. The number of aromatic nitrogens is 2. The van der Waals surface area contributed by atoms with Crippen LogP contribution in [-0.4, -0.2) is 9.97 Å². The first kappa shape index (κ1) is 21.8. The van der Waals surface area contributed by atoms with Gasteiger partial charge in [0.2, 0.25) is 0 Å². The molecule has 1 atom stereocenters. The van der Waals surface area contributed by atoms with Crippen LogP contribution in [0.2, 0.25) is 0 Å². The Morgan fingerprint density at radius 1 is 1.16 bits per heavy atom. The van der Waals surface area contributed by atoms with Gasteiger partial charge >= 0.3 is 0 Å². The molecule has 0 radical (unpaired) electrons. The number of nitrogens with zero attached hydrogens (tertiary/aromatic N) is 4. The molecule has 2 heterocycles. The first-order valence-electron chi connectivity index (χ1n) is 9.97. The van der Waals surface area contributed by atoms with E-state index in [0.717, 1.165) is 30.6 Å². The van der Waals surface area contributed by atoms with E-state index in [9.17, 15) is 14.9 Å². The molecule has 0 aliphatic heterocycles. The highest BCUT2D eigenvalue weighted by molar-refractivity contribution is 7.98. The highest BCUT2D eigenvalue weighted by atomic mass is 32.2. The van der Waals surface area contributed by atoms with Gasteiger partial charge < -0.3 is 11.1 Å². The number of thiazole rings is 1. The van der Waals surface area contributed by atoms with Gasteiger partial charge in [-0.05, 0) is 55.0 Å². The minimum Gasteiger partial charge on any atom is -0.383 e. The lowest BCUT2D eigenvalue weighted by molar-refractivity contribution is 0.612. The number of thioether (sulfide) groups is 1. The van der Waals surface area contributed by atoms with E-state index < -0.39 is 0 Å². The first-order chi connectivity index (χ1) is 15.6. The fourth-order valence-electron chi connectivity index (χ4n) is 3.62. The average molecular weight is 463 g/mol. The predicted octanol–water partition coefficient (Wildman–Crippen LogP) is 5.86. The maximum absolute atomic E-state index is 13.1. The Bertz CT molecular complexity index is 1240. The van der Waals surface area contributed by atoms with Gasteiger partial charge in [-0.2, -0.15) is 10.5 Å². The van der Waals surface area contributed by atoms with Crippen LogP contribution in [-0.2, 0) is 5.75 Å². The predicted molar refractivity (Wildman–Crippen MR) is 125 cm³/mol. The Labute approximate surface area is 193 Å². The summed E-state index contributed by atoms with van der Waals surface area (Å²) in [5.74, 6) is 0.451. The zero-order valence-corrected chi connectivity index (χ0v) is 18.6. The first-order valence-corrected chi connectivity index (χ1v) is 11.8. The van der Waals surface area contributed by atoms with E-state index in [1.807, 2.05) is 5.38 Å². The maximum atomic E-state index is 13.1. The van der Waals surface area contributed by atoms with Crippen molar-refractivity contribution in [3.05, 3.63) is 70.0 Å². The molecule has 0 bridgehead atoms. The summed E-state index contributed by atoms with van der Waals surface area (Å²) in [5.41, 5.74) is 9.13. The summed E-state index contributed by atoms with van der Waals surface area (Å²) in [4.78, 5) is 8.93. The van der Waals surface area contributed by atoms with Gasteiger partial charge in [0.05, 0.1) is 16.8 Å². The van der Waals surface area contributed by atoms with E-state index in [0.29, 0.717) is 32.6 Å². The van der Waals surface area contributed by atoms with E-state index in [4.69, 9.17) is 5.73 Å². The molecule has 1 aromatic carbocycles. The van der Waals surface area contributed by atoms with Crippen LogP contribution in [0.1, 0.15) is 47.6 Å². The number of nitrogens with two attached hydrogens (primary N) is 1. The SMILES string of the molecule is N#Cc1c(N)nc(SCc2csc(Nc3ccc(F)cc3)n2)c(C#N)c1C1CC=CCC1. The molecule has 0 saturated heterocycles. The van der Waals surface area contributed by atoms with Crippen molar-refractivity contribution in [2.24, 2.45) is 0 Å². The average Bonchev–Trinajstić information content (AvgIpc) is 3.26. The fourth-order valence-corrected chi connectivity index (χ4v) is 5.35. The number of benzene rings is 1. The van der Waals surface area contributed by atoms with Gasteiger partial charge in [-0.3, -0.25) is 0 Å². The molecule has 0 saturated carbocycles. The van der Waals surface area contributed by atoms with E-state index in [2.05, 4.69) is 39.6 Å². The number of rotatable bonds is 6. The molecule has 3 aromatic rings. The van der Waals surface area contributed by atoms with Crippen LogP contribution in [0.3, 0.4) is 0 Å². The normalized spacial score (nSPS) is 15.2. The zero-order chi connectivity index (χ0) is 22.5. The Hall–Kier alpha value is -3.40. The smallest absolute Gasteiger partial charge is 0.187 e. The van der Waals surface area contributed by atoms with Crippen molar-refractivity contribution in [1.82, 2.24) is 9.97 Å². The van der Waals surface area contributed by atoms with Gasteiger partial charge in [0.1, 0.15) is 28.8 Å². The molecular weight excluding hydrogens is 443 g/mol. The zero-order valence-electron chi connectivity index (χ0n) is 17.0. The van der Waals surface area contributed by atoms with Crippen LogP contribution in [0, 0.1) is 28.5 Å². The molecule has 0 spiro atoms. The summed E-state index contributed by atoms with van der Waals surface area (Å²) in [6, 6.07) is 10.5. The minimum absolute atomic E-state index is 0.0831. The second-order valence-corrected chi connectivity index (χ2v) is 9.06. The molecule has 1 unspecified atom stereocenters. The van der Waals surface area contributed by atoms with E-state index in [-0.39, 0.29) is 17.6 Å². The van der Waals surface area contributed by atoms with Crippen molar-refractivity contribution in [2.45, 2.75) is 36.0 Å². The molecule has 1 aliphatic carbocycles. The van der Waals surface area contributed by atoms with Crippen LogP contribution >= 0.6 is 23.1 Å². The number of nitrogen functional groups attached to an aromatic ring is 1. The van der Waals surface area contributed by atoms with Gasteiger partial charge in [0.25, 0.3) is 0 Å². The van der Waals surface area contributed by atoms with Crippen molar-refractivity contribution < 1.29 is 4.39 Å². The number of nitrogens with one attached hydrogen (secondary N) is 1. The van der Waals surface area contributed by atoms with Crippen LogP contribution in [0.4, 0.5) is 21.0 Å².